The molecule has 2 nitrogen and oxygen atoms in total. The summed E-state index contributed by atoms with van der Waals surface area (Å²) in [5.74, 6) is 0.831. The predicted octanol–water partition coefficient (Wildman–Crippen LogP) is 8.06. The van der Waals surface area contributed by atoms with Gasteiger partial charge in [-0.25, -0.2) is 0 Å². The minimum absolute atomic E-state index is 0.201. The molecule has 1 aliphatic rings. The molecule has 0 aliphatic carbocycles. The van der Waals surface area contributed by atoms with Crippen molar-refractivity contribution in [3.05, 3.63) is 71.1 Å². The zero-order chi connectivity index (χ0) is 21.2. The van der Waals surface area contributed by atoms with Gasteiger partial charge < -0.3 is 4.90 Å². The number of allylic oxidation sites excluding steroid dienone is 4. The maximum atomic E-state index is 9.01. The molecule has 156 valence electrons. The van der Waals surface area contributed by atoms with Crippen molar-refractivity contribution in [2.24, 2.45) is 5.92 Å². The lowest BCUT2D eigenvalue weighted by Gasteiger charge is -2.35. The predicted molar refractivity (Wildman–Crippen MR) is 124 cm³/mol. The lowest BCUT2D eigenvalue weighted by Crippen LogP contribution is -2.25. The average Bonchev–Trinajstić information content (AvgIpc) is 2.70. The molecule has 0 saturated carbocycles. The van der Waals surface area contributed by atoms with E-state index in [1.54, 1.807) is 0 Å². The van der Waals surface area contributed by atoms with Gasteiger partial charge in [-0.2, -0.15) is 5.26 Å². The molecule has 1 aromatic rings. The van der Waals surface area contributed by atoms with Crippen LogP contribution in [0.3, 0.4) is 0 Å². The smallest absolute Gasteiger partial charge is 0.0991 e. The van der Waals surface area contributed by atoms with Gasteiger partial charge in [0.05, 0.1) is 17.7 Å². The molecule has 1 unspecified atom stereocenters. The molecule has 0 aromatic heterocycles. The van der Waals surface area contributed by atoms with Crippen molar-refractivity contribution < 1.29 is 0 Å². The van der Waals surface area contributed by atoms with Crippen LogP contribution in [0.2, 0.25) is 0 Å². The minimum Gasteiger partial charge on any atom is -0.339 e. The van der Waals surface area contributed by atoms with Crippen LogP contribution in [0.15, 0.2) is 60.0 Å². The lowest BCUT2D eigenvalue weighted by atomic mass is 9.94. The summed E-state index contributed by atoms with van der Waals surface area (Å²) in [6, 6.07) is 10.3. The van der Waals surface area contributed by atoms with Crippen LogP contribution in [-0.4, -0.2) is 4.90 Å². The molecule has 0 amide bonds. The van der Waals surface area contributed by atoms with E-state index in [0.29, 0.717) is 5.56 Å². The first-order valence-electron chi connectivity index (χ1n) is 11.3. The Morgan fingerprint density at radius 1 is 1.00 bits per heavy atom. The van der Waals surface area contributed by atoms with Gasteiger partial charge in [0.15, 0.2) is 0 Å². The van der Waals surface area contributed by atoms with Gasteiger partial charge in [0.1, 0.15) is 0 Å². The summed E-state index contributed by atoms with van der Waals surface area (Å²) < 4.78 is 0. The first-order valence-corrected chi connectivity index (χ1v) is 11.3. The van der Waals surface area contributed by atoms with Gasteiger partial charge >= 0.3 is 0 Å². The van der Waals surface area contributed by atoms with E-state index in [1.807, 2.05) is 24.3 Å². The van der Waals surface area contributed by atoms with Crippen LogP contribution in [0.1, 0.15) is 96.2 Å². The molecule has 0 spiro atoms. The average molecular weight is 391 g/mol. The van der Waals surface area contributed by atoms with Crippen molar-refractivity contribution in [1.82, 2.24) is 4.90 Å². The highest BCUT2D eigenvalue weighted by atomic mass is 15.2. The molecule has 2 atom stereocenters. The molecule has 0 N–H and O–H groups in total. The van der Waals surface area contributed by atoms with E-state index < -0.39 is 0 Å². The highest BCUT2D eigenvalue weighted by Crippen LogP contribution is 2.33. The van der Waals surface area contributed by atoms with E-state index >= 15 is 0 Å². The van der Waals surface area contributed by atoms with Crippen molar-refractivity contribution in [1.29, 1.82) is 5.26 Å². The van der Waals surface area contributed by atoms with Gasteiger partial charge in [-0.1, -0.05) is 71.1 Å². The second-order valence-corrected chi connectivity index (χ2v) is 8.62. The fraction of sp³-hybridized carbons (Fsp3) is 0.519. The van der Waals surface area contributed by atoms with Crippen LogP contribution in [-0.2, 0) is 0 Å². The highest BCUT2D eigenvalue weighted by Gasteiger charge is 2.21. The zero-order valence-corrected chi connectivity index (χ0v) is 18.9. The third-order valence-electron chi connectivity index (χ3n) is 6.06. The topological polar surface area (TPSA) is 27.0 Å². The Labute approximate surface area is 178 Å². The molecular weight excluding hydrogens is 352 g/mol. The Bertz CT molecular complexity index is 761. The van der Waals surface area contributed by atoms with E-state index in [4.69, 9.17) is 5.26 Å². The summed E-state index contributed by atoms with van der Waals surface area (Å²) in [6.07, 6.45) is 15.1. The highest BCUT2D eigenvalue weighted by molar-refractivity contribution is 5.40. The Morgan fingerprint density at radius 3 is 2.31 bits per heavy atom. The molecule has 2 heteroatoms. The molecule has 2 rings (SSSR count). The fourth-order valence-corrected chi connectivity index (χ4v) is 4.29. The van der Waals surface area contributed by atoms with Gasteiger partial charge in [-0.05, 0) is 68.0 Å². The van der Waals surface area contributed by atoms with Gasteiger partial charge in [-0.3, -0.25) is 0 Å². The van der Waals surface area contributed by atoms with Crippen molar-refractivity contribution in [2.75, 3.05) is 0 Å². The number of hydrogen-bond acceptors (Lipinski definition) is 2. The number of nitrogens with zero attached hydrogens (tertiary/aromatic N) is 2. The lowest BCUT2D eigenvalue weighted by molar-refractivity contribution is 0.347. The summed E-state index contributed by atoms with van der Waals surface area (Å²) in [5, 5.41) is 9.01. The van der Waals surface area contributed by atoms with Gasteiger partial charge in [0, 0.05) is 11.4 Å². The van der Waals surface area contributed by atoms with E-state index in [-0.39, 0.29) is 6.04 Å². The quantitative estimate of drug-likeness (QED) is 0.357. The zero-order valence-electron chi connectivity index (χ0n) is 18.9. The summed E-state index contributed by atoms with van der Waals surface area (Å²) in [7, 11) is 0. The third kappa shape index (κ3) is 6.93. The maximum Gasteiger partial charge on any atom is 0.0991 e. The first-order chi connectivity index (χ1) is 14.0. The van der Waals surface area contributed by atoms with Crippen molar-refractivity contribution in [3.63, 3.8) is 0 Å². The number of nitriles is 1. The monoisotopic (exact) mass is 390 g/mol. The normalized spacial score (nSPS) is 16.1. The fourth-order valence-electron chi connectivity index (χ4n) is 4.29. The van der Waals surface area contributed by atoms with E-state index in [9.17, 15) is 0 Å². The second-order valence-electron chi connectivity index (χ2n) is 8.62. The standard InChI is InChI=1S/C27H38N2/c1-6-7-8-9-11-21(2)12-10-13-26-18-22(3)29(23(4)19-26)24(5)27-16-14-25(20-28)15-17-27/h14-19,21,24H,3,6-13H2,1-2,4-5H3/t21?,24-/m1/s1. The molecule has 1 heterocycles. The molecule has 0 saturated heterocycles. The molecule has 1 aromatic carbocycles. The first kappa shape index (κ1) is 23.0. The van der Waals surface area contributed by atoms with Crippen molar-refractivity contribution in [2.45, 2.75) is 85.1 Å². The van der Waals surface area contributed by atoms with Gasteiger partial charge in [0.2, 0.25) is 0 Å². The number of benzene rings is 1. The van der Waals surface area contributed by atoms with E-state index in [1.165, 1.54) is 61.8 Å². The van der Waals surface area contributed by atoms with Crippen molar-refractivity contribution in [3.8, 4) is 6.07 Å². The number of rotatable bonds is 11. The molecule has 0 bridgehead atoms. The minimum atomic E-state index is 0.201. The van der Waals surface area contributed by atoms with Crippen LogP contribution in [0, 0.1) is 17.2 Å². The third-order valence-corrected chi connectivity index (χ3v) is 6.06. The SMILES string of the molecule is C=C1C=C(CCCC(C)CCCCCC)C=C(C)N1[C@H](C)c1ccc(C#N)cc1. The largest absolute Gasteiger partial charge is 0.339 e. The Hall–Kier alpha value is -2.27. The Kier molecular flexibility index (Phi) is 9.26. The molecule has 29 heavy (non-hydrogen) atoms. The molecule has 0 radical (unpaired) electrons. The molecule has 0 fully saturated rings. The van der Waals surface area contributed by atoms with E-state index in [0.717, 1.165) is 18.0 Å². The molecule has 1 aliphatic heterocycles. The van der Waals surface area contributed by atoms with Crippen LogP contribution in [0.25, 0.3) is 0 Å². The van der Waals surface area contributed by atoms with Crippen LogP contribution in [0.5, 0.6) is 0 Å². The second kappa shape index (κ2) is 11.7. The summed E-state index contributed by atoms with van der Waals surface area (Å²) in [6.45, 7) is 13.4. The van der Waals surface area contributed by atoms with Gasteiger partial charge in [0.25, 0.3) is 0 Å². The van der Waals surface area contributed by atoms with Crippen LogP contribution in [0.4, 0.5) is 0 Å². The summed E-state index contributed by atoms with van der Waals surface area (Å²) in [4.78, 5) is 2.29. The summed E-state index contributed by atoms with van der Waals surface area (Å²) >= 11 is 0. The Morgan fingerprint density at radius 2 is 1.69 bits per heavy atom. The summed E-state index contributed by atoms with van der Waals surface area (Å²) in [5.41, 5.74) is 5.61. The molecular formula is C27H38N2. The van der Waals surface area contributed by atoms with Crippen LogP contribution < -0.4 is 0 Å². The van der Waals surface area contributed by atoms with Gasteiger partial charge in [-0.15, -0.1) is 0 Å². The van der Waals surface area contributed by atoms with Crippen molar-refractivity contribution >= 4 is 0 Å². The van der Waals surface area contributed by atoms with Crippen LogP contribution >= 0.6 is 0 Å². The number of unbranched alkanes of at least 4 members (excludes halogenated alkanes) is 3. The maximum absolute atomic E-state index is 9.01. The van der Waals surface area contributed by atoms with E-state index in [2.05, 4.69) is 57.4 Å². The number of hydrogen-bond donors (Lipinski definition) is 0. The Balaban J connectivity index is 1.87.